The smallest absolute Gasteiger partial charge is 0.241 e. The molecule has 5 nitrogen and oxygen atoms in total. The summed E-state index contributed by atoms with van der Waals surface area (Å²) in [6.45, 7) is 8.48. The third-order valence-electron chi connectivity index (χ3n) is 4.71. The highest BCUT2D eigenvalue weighted by Crippen LogP contribution is 2.50. The molecular formula is C16H25N3O2. The van der Waals surface area contributed by atoms with Gasteiger partial charge < -0.3 is 15.8 Å². The number of amides is 1. The molecule has 2 rings (SSSR count). The van der Waals surface area contributed by atoms with E-state index in [0.717, 1.165) is 5.69 Å². The molecule has 0 spiro atoms. The summed E-state index contributed by atoms with van der Waals surface area (Å²) in [6.07, 6.45) is 2.30. The van der Waals surface area contributed by atoms with Gasteiger partial charge in [0.05, 0.1) is 17.8 Å². The second-order valence-electron chi connectivity index (χ2n) is 6.29. The minimum absolute atomic E-state index is 0.0309. The van der Waals surface area contributed by atoms with E-state index in [1.54, 1.807) is 6.20 Å². The zero-order chi connectivity index (χ0) is 15.7. The molecule has 2 unspecified atom stereocenters. The van der Waals surface area contributed by atoms with E-state index >= 15 is 0 Å². The van der Waals surface area contributed by atoms with Gasteiger partial charge in [-0.25, -0.2) is 0 Å². The van der Waals surface area contributed by atoms with Crippen molar-refractivity contribution in [3.8, 4) is 0 Å². The third-order valence-corrected chi connectivity index (χ3v) is 4.71. The molecule has 1 aromatic rings. The first-order valence-electron chi connectivity index (χ1n) is 7.45. The quantitative estimate of drug-likeness (QED) is 0.867. The summed E-state index contributed by atoms with van der Waals surface area (Å²) in [4.78, 5) is 16.8. The molecule has 0 aliphatic heterocycles. The molecule has 0 radical (unpaired) electrons. The summed E-state index contributed by atoms with van der Waals surface area (Å²) in [5.74, 6) is -0.137. The molecule has 1 fully saturated rings. The fraction of sp³-hybridized carbons (Fsp3) is 0.625. The molecule has 1 heterocycles. The first-order chi connectivity index (χ1) is 9.83. The largest absolute Gasteiger partial charge is 0.378 e. The summed E-state index contributed by atoms with van der Waals surface area (Å²) in [5, 5.41) is 2.97. The van der Waals surface area contributed by atoms with Crippen LogP contribution in [-0.2, 0) is 9.53 Å². The van der Waals surface area contributed by atoms with E-state index in [4.69, 9.17) is 10.5 Å². The zero-order valence-corrected chi connectivity index (χ0v) is 13.2. The van der Waals surface area contributed by atoms with Gasteiger partial charge in [0, 0.05) is 24.6 Å². The number of nitrogens with one attached hydrogen (secondary N) is 1. The van der Waals surface area contributed by atoms with Crippen LogP contribution in [0, 0.1) is 5.41 Å². The highest BCUT2D eigenvalue weighted by molar-refractivity contribution is 5.89. The second kappa shape index (κ2) is 5.73. The molecule has 1 saturated carbocycles. The van der Waals surface area contributed by atoms with Gasteiger partial charge in [0.25, 0.3) is 0 Å². The number of rotatable bonds is 5. The minimum Gasteiger partial charge on any atom is -0.378 e. The second-order valence-corrected chi connectivity index (χ2v) is 6.29. The maximum absolute atomic E-state index is 12.6. The van der Waals surface area contributed by atoms with Gasteiger partial charge in [-0.15, -0.1) is 0 Å². The summed E-state index contributed by atoms with van der Waals surface area (Å²) in [6, 6.07) is 5.48. The van der Waals surface area contributed by atoms with E-state index in [-0.39, 0.29) is 23.5 Å². The molecule has 0 saturated heterocycles. The molecule has 1 aromatic heterocycles. The average Bonchev–Trinajstić information content (AvgIpc) is 2.47. The highest BCUT2D eigenvalue weighted by atomic mass is 16.5. The van der Waals surface area contributed by atoms with Gasteiger partial charge in [-0.2, -0.15) is 0 Å². The van der Waals surface area contributed by atoms with E-state index in [9.17, 15) is 4.79 Å². The van der Waals surface area contributed by atoms with Gasteiger partial charge in [0.15, 0.2) is 0 Å². The Labute approximate surface area is 126 Å². The summed E-state index contributed by atoms with van der Waals surface area (Å²) in [7, 11) is 0. The Morgan fingerprint density at radius 3 is 2.81 bits per heavy atom. The van der Waals surface area contributed by atoms with Crippen molar-refractivity contribution < 1.29 is 9.53 Å². The highest BCUT2D eigenvalue weighted by Gasteiger charge is 2.62. The molecule has 1 aliphatic carbocycles. The molecule has 3 N–H and O–H groups in total. The van der Waals surface area contributed by atoms with E-state index in [1.807, 2.05) is 45.9 Å². The average molecular weight is 291 g/mol. The van der Waals surface area contributed by atoms with Crippen LogP contribution in [0.4, 0.5) is 0 Å². The minimum atomic E-state index is -0.893. The monoisotopic (exact) mass is 291 g/mol. The van der Waals surface area contributed by atoms with Gasteiger partial charge in [-0.05, 0) is 26.0 Å². The van der Waals surface area contributed by atoms with Crippen LogP contribution in [0.1, 0.15) is 45.9 Å². The maximum Gasteiger partial charge on any atom is 0.241 e. The van der Waals surface area contributed by atoms with Crippen LogP contribution in [0.3, 0.4) is 0 Å². The Balaban J connectivity index is 2.04. The van der Waals surface area contributed by atoms with Crippen LogP contribution in [0.5, 0.6) is 0 Å². The zero-order valence-electron chi connectivity index (χ0n) is 13.2. The fourth-order valence-electron chi connectivity index (χ4n) is 2.85. The number of pyridine rings is 1. The Morgan fingerprint density at radius 1 is 1.57 bits per heavy atom. The van der Waals surface area contributed by atoms with E-state index < -0.39 is 5.54 Å². The fourth-order valence-corrected chi connectivity index (χ4v) is 2.85. The lowest BCUT2D eigenvalue weighted by atomic mass is 9.54. The molecular weight excluding hydrogens is 266 g/mol. The number of hydrogen-bond acceptors (Lipinski definition) is 4. The Morgan fingerprint density at radius 2 is 2.29 bits per heavy atom. The van der Waals surface area contributed by atoms with E-state index in [1.165, 1.54) is 0 Å². The number of hydrogen-bond donors (Lipinski definition) is 2. The normalized spacial score (nSPS) is 28.5. The standard InChI is InChI=1S/C16H25N3O2/c1-5-21-13-10-16(17,15(13,3)4)14(20)19-11(2)12-8-6-7-9-18-12/h6-9,11,13H,5,10,17H2,1-4H3,(H,19,20)/t11-,13?,16?/m1/s1. The lowest BCUT2D eigenvalue weighted by Crippen LogP contribution is -2.75. The number of aromatic nitrogens is 1. The molecule has 0 bridgehead atoms. The summed E-state index contributed by atoms with van der Waals surface area (Å²) < 4.78 is 5.66. The van der Waals surface area contributed by atoms with Gasteiger partial charge in [0.1, 0.15) is 5.54 Å². The van der Waals surface area contributed by atoms with Crippen LogP contribution < -0.4 is 11.1 Å². The van der Waals surface area contributed by atoms with E-state index in [0.29, 0.717) is 13.0 Å². The first kappa shape index (κ1) is 15.9. The lowest BCUT2D eigenvalue weighted by Gasteiger charge is -2.57. The summed E-state index contributed by atoms with van der Waals surface area (Å²) in [5.41, 5.74) is 5.91. The van der Waals surface area contributed by atoms with Gasteiger partial charge in [-0.3, -0.25) is 9.78 Å². The molecule has 1 amide bonds. The van der Waals surface area contributed by atoms with Crippen molar-refractivity contribution in [3.63, 3.8) is 0 Å². The van der Waals surface area contributed by atoms with Crippen LogP contribution in [-0.4, -0.2) is 29.1 Å². The Bertz CT molecular complexity index is 504. The topological polar surface area (TPSA) is 77.2 Å². The number of carbonyl (C=O) groups is 1. The molecule has 1 aliphatic rings. The van der Waals surface area contributed by atoms with Crippen molar-refractivity contribution in [2.24, 2.45) is 11.1 Å². The van der Waals surface area contributed by atoms with Gasteiger partial charge in [-0.1, -0.05) is 19.9 Å². The molecule has 116 valence electrons. The van der Waals surface area contributed by atoms with Gasteiger partial charge >= 0.3 is 0 Å². The lowest BCUT2D eigenvalue weighted by molar-refractivity contribution is -0.171. The predicted molar refractivity (Wildman–Crippen MR) is 81.5 cm³/mol. The first-order valence-corrected chi connectivity index (χ1v) is 7.45. The van der Waals surface area contributed by atoms with Crippen molar-refractivity contribution in [2.75, 3.05) is 6.61 Å². The predicted octanol–water partition coefficient (Wildman–Crippen LogP) is 1.79. The van der Waals surface area contributed by atoms with Crippen molar-refractivity contribution in [2.45, 2.75) is 51.8 Å². The summed E-state index contributed by atoms with van der Waals surface area (Å²) >= 11 is 0. The molecule has 21 heavy (non-hydrogen) atoms. The van der Waals surface area contributed by atoms with Crippen molar-refractivity contribution >= 4 is 5.91 Å². The number of ether oxygens (including phenoxy) is 1. The number of nitrogens with zero attached hydrogens (tertiary/aromatic N) is 1. The Hall–Kier alpha value is -1.46. The number of nitrogens with two attached hydrogens (primary N) is 1. The third kappa shape index (κ3) is 2.68. The van der Waals surface area contributed by atoms with E-state index in [2.05, 4.69) is 10.3 Å². The van der Waals surface area contributed by atoms with Crippen LogP contribution in [0.25, 0.3) is 0 Å². The van der Waals surface area contributed by atoms with Crippen molar-refractivity contribution in [1.82, 2.24) is 10.3 Å². The van der Waals surface area contributed by atoms with Gasteiger partial charge in [0.2, 0.25) is 5.91 Å². The maximum atomic E-state index is 12.6. The van der Waals surface area contributed by atoms with Crippen LogP contribution in [0.2, 0.25) is 0 Å². The van der Waals surface area contributed by atoms with Crippen molar-refractivity contribution in [1.29, 1.82) is 0 Å². The van der Waals surface area contributed by atoms with Crippen molar-refractivity contribution in [3.05, 3.63) is 30.1 Å². The van der Waals surface area contributed by atoms with Crippen LogP contribution >= 0.6 is 0 Å². The number of carbonyl (C=O) groups excluding carboxylic acids is 1. The molecule has 0 aromatic carbocycles. The SMILES string of the molecule is CCOC1CC(N)(C(=O)N[C@H](C)c2ccccn2)C1(C)C. The Kier molecular flexibility index (Phi) is 4.35. The molecule has 3 atom stereocenters. The molecule has 5 heteroatoms. The van der Waals surface area contributed by atoms with Crippen LogP contribution in [0.15, 0.2) is 24.4 Å².